The lowest BCUT2D eigenvalue weighted by molar-refractivity contribution is -0.120. The van der Waals surface area contributed by atoms with Crippen LogP contribution in [-0.2, 0) is 16.0 Å². The van der Waals surface area contributed by atoms with Crippen LogP contribution in [0.25, 0.3) is 0 Å². The molecule has 6 heteroatoms. The van der Waals surface area contributed by atoms with E-state index in [4.69, 9.17) is 12.2 Å². The summed E-state index contributed by atoms with van der Waals surface area (Å²) in [6.45, 7) is 8.19. The first-order valence-corrected chi connectivity index (χ1v) is 10.8. The fraction of sp³-hybridized carbons (Fsp3) is 0.375. The number of thiocarbonyl (C=S) groups is 1. The summed E-state index contributed by atoms with van der Waals surface area (Å²) >= 11 is 5.29. The molecule has 1 unspecified atom stereocenters. The second kappa shape index (κ2) is 11.5. The van der Waals surface area contributed by atoms with Gasteiger partial charge in [0.1, 0.15) is 0 Å². The summed E-state index contributed by atoms with van der Waals surface area (Å²) in [4.78, 5) is 24.4. The Labute approximate surface area is 184 Å². The van der Waals surface area contributed by atoms with E-state index in [1.54, 1.807) is 6.07 Å². The predicted octanol–water partition coefficient (Wildman–Crippen LogP) is 5.24. The third-order valence-corrected chi connectivity index (χ3v) is 4.84. The smallest absolute Gasteiger partial charge is 0.233 e. The molecule has 0 fully saturated rings. The van der Waals surface area contributed by atoms with Gasteiger partial charge < -0.3 is 16.0 Å². The molecule has 0 radical (unpaired) electrons. The van der Waals surface area contributed by atoms with Crippen molar-refractivity contribution in [2.45, 2.75) is 52.9 Å². The average Bonchev–Trinajstić information content (AvgIpc) is 2.67. The van der Waals surface area contributed by atoms with Gasteiger partial charge in [0.2, 0.25) is 11.8 Å². The van der Waals surface area contributed by atoms with E-state index in [1.807, 2.05) is 44.2 Å². The van der Waals surface area contributed by atoms with Crippen LogP contribution in [0.5, 0.6) is 0 Å². The summed E-state index contributed by atoms with van der Waals surface area (Å²) in [6.07, 6.45) is 2.29. The Morgan fingerprint density at radius 3 is 2.20 bits per heavy atom. The number of carbonyl (C=O) groups is 2. The number of hydrogen-bond acceptors (Lipinski definition) is 3. The average molecular weight is 426 g/mol. The zero-order valence-electron chi connectivity index (χ0n) is 18.1. The fourth-order valence-corrected chi connectivity index (χ4v) is 3.29. The maximum atomic E-state index is 12.6. The van der Waals surface area contributed by atoms with E-state index in [2.05, 4.69) is 41.9 Å². The normalized spacial score (nSPS) is 11.6. The van der Waals surface area contributed by atoms with Crippen LogP contribution >= 0.6 is 12.2 Å². The van der Waals surface area contributed by atoms with Crippen molar-refractivity contribution in [2.24, 2.45) is 5.92 Å². The molecule has 0 bridgehead atoms. The molecule has 30 heavy (non-hydrogen) atoms. The maximum absolute atomic E-state index is 12.6. The molecule has 2 rings (SSSR count). The Bertz CT molecular complexity index is 878. The number of carbonyl (C=O) groups excluding carboxylic acids is 2. The SMILES string of the molecule is CCCC(=O)Nc1cccc(NC(=S)NC(=O)C(C)c2ccc(CC(C)C)cc2)c1. The lowest BCUT2D eigenvalue weighted by Crippen LogP contribution is -2.36. The Morgan fingerprint density at radius 1 is 0.967 bits per heavy atom. The van der Waals surface area contributed by atoms with E-state index in [1.165, 1.54) is 5.56 Å². The minimum Gasteiger partial charge on any atom is -0.332 e. The minimum absolute atomic E-state index is 0.0289. The van der Waals surface area contributed by atoms with Gasteiger partial charge in [0.15, 0.2) is 5.11 Å². The van der Waals surface area contributed by atoms with Gasteiger partial charge in [0.25, 0.3) is 0 Å². The summed E-state index contributed by atoms with van der Waals surface area (Å²) in [6, 6.07) is 15.4. The van der Waals surface area contributed by atoms with Crippen molar-refractivity contribution in [1.82, 2.24) is 5.32 Å². The molecule has 3 N–H and O–H groups in total. The third kappa shape index (κ3) is 7.59. The molecule has 160 valence electrons. The first kappa shape index (κ1) is 23.5. The molecule has 0 aliphatic heterocycles. The van der Waals surface area contributed by atoms with Gasteiger partial charge in [-0.2, -0.15) is 0 Å². The molecule has 0 aliphatic rings. The van der Waals surface area contributed by atoms with Gasteiger partial charge in [-0.25, -0.2) is 0 Å². The number of benzene rings is 2. The summed E-state index contributed by atoms with van der Waals surface area (Å²) < 4.78 is 0. The van der Waals surface area contributed by atoms with Crippen LogP contribution in [0.4, 0.5) is 11.4 Å². The topological polar surface area (TPSA) is 70.2 Å². The molecule has 0 heterocycles. The van der Waals surface area contributed by atoms with Gasteiger partial charge in [-0.3, -0.25) is 9.59 Å². The molecular formula is C24H31N3O2S. The monoisotopic (exact) mass is 425 g/mol. The third-order valence-electron chi connectivity index (χ3n) is 4.63. The highest BCUT2D eigenvalue weighted by Gasteiger charge is 2.16. The molecule has 0 spiro atoms. The van der Waals surface area contributed by atoms with E-state index in [9.17, 15) is 9.59 Å². The van der Waals surface area contributed by atoms with Crippen LogP contribution in [0.3, 0.4) is 0 Å². The van der Waals surface area contributed by atoms with Gasteiger partial charge in [0, 0.05) is 17.8 Å². The highest BCUT2D eigenvalue weighted by molar-refractivity contribution is 7.80. The maximum Gasteiger partial charge on any atom is 0.233 e. The van der Waals surface area contributed by atoms with E-state index in [0.717, 1.165) is 18.4 Å². The van der Waals surface area contributed by atoms with Gasteiger partial charge in [0.05, 0.1) is 5.92 Å². The van der Waals surface area contributed by atoms with E-state index >= 15 is 0 Å². The fourth-order valence-electron chi connectivity index (χ4n) is 3.07. The number of anilines is 2. The summed E-state index contributed by atoms with van der Waals surface area (Å²) in [5.41, 5.74) is 3.59. The quantitative estimate of drug-likeness (QED) is 0.506. The minimum atomic E-state index is -0.322. The van der Waals surface area contributed by atoms with Crippen LogP contribution in [0.1, 0.15) is 57.6 Å². The molecule has 0 aromatic heterocycles. The molecule has 1 atom stereocenters. The second-order valence-corrected chi connectivity index (χ2v) is 8.29. The number of nitrogens with one attached hydrogen (secondary N) is 3. The largest absolute Gasteiger partial charge is 0.332 e. The molecule has 0 saturated carbocycles. The van der Waals surface area contributed by atoms with Crippen molar-refractivity contribution >= 4 is 40.5 Å². The first-order chi connectivity index (χ1) is 14.3. The highest BCUT2D eigenvalue weighted by atomic mass is 32.1. The number of hydrogen-bond donors (Lipinski definition) is 3. The van der Waals surface area contributed by atoms with Crippen LogP contribution in [-0.4, -0.2) is 16.9 Å². The van der Waals surface area contributed by atoms with E-state index in [-0.39, 0.29) is 22.8 Å². The van der Waals surface area contributed by atoms with E-state index in [0.29, 0.717) is 23.7 Å². The van der Waals surface area contributed by atoms with Crippen LogP contribution in [0.2, 0.25) is 0 Å². The molecule has 2 aromatic rings. The Kier molecular flexibility index (Phi) is 8.99. The molecule has 5 nitrogen and oxygen atoms in total. The zero-order valence-corrected chi connectivity index (χ0v) is 18.9. The number of amides is 2. The van der Waals surface area contributed by atoms with Crippen molar-refractivity contribution in [2.75, 3.05) is 10.6 Å². The lowest BCUT2D eigenvalue weighted by atomic mass is 9.96. The van der Waals surface area contributed by atoms with Crippen LogP contribution in [0, 0.1) is 5.92 Å². The first-order valence-electron chi connectivity index (χ1n) is 10.4. The van der Waals surface area contributed by atoms with Crippen LogP contribution in [0.15, 0.2) is 48.5 Å². The Balaban J connectivity index is 1.92. The zero-order chi connectivity index (χ0) is 22.1. The molecule has 0 aliphatic carbocycles. The van der Waals surface area contributed by atoms with Gasteiger partial charge >= 0.3 is 0 Å². The van der Waals surface area contributed by atoms with Gasteiger partial charge in [-0.1, -0.05) is 51.1 Å². The molecule has 2 amide bonds. The Hall–Kier alpha value is -2.73. The summed E-state index contributed by atoms with van der Waals surface area (Å²) in [7, 11) is 0. The Morgan fingerprint density at radius 2 is 1.60 bits per heavy atom. The highest BCUT2D eigenvalue weighted by Crippen LogP contribution is 2.19. The molecular weight excluding hydrogens is 394 g/mol. The lowest BCUT2D eigenvalue weighted by Gasteiger charge is -2.15. The second-order valence-electron chi connectivity index (χ2n) is 7.88. The van der Waals surface area contributed by atoms with Crippen molar-refractivity contribution in [1.29, 1.82) is 0 Å². The van der Waals surface area contributed by atoms with Crippen molar-refractivity contribution in [3.05, 3.63) is 59.7 Å². The summed E-state index contributed by atoms with van der Waals surface area (Å²) in [5.74, 6) is 0.0753. The standard InChI is InChI=1S/C24H31N3O2S/c1-5-7-22(28)25-20-8-6-9-21(15-20)26-24(30)27-23(29)17(4)19-12-10-18(11-13-19)14-16(2)3/h6,8-13,15-17H,5,7,14H2,1-4H3,(H,25,28)(H2,26,27,29,30). The van der Waals surface area contributed by atoms with Crippen LogP contribution < -0.4 is 16.0 Å². The van der Waals surface area contributed by atoms with Gasteiger partial charge in [-0.15, -0.1) is 0 Å². The molecule has 2 aromatic carbocycles. The summed E-state index contributed by atoms with van der Waals surface area (Å²) in [5, 5.41) is 8.82. The van der Waals surface area contributed by atoms with Crippen molar-refractivity contribution in [3.63, 3.8) is 0 Å². The van der Waals surface area contributed by atoms with Crippen molar-refractivity contribution < 1.29 is 9.59 Å². The van der Waals surface area contributed by atoms with Crippen molar-refractivity contribution in [3.8, 4) is 0 Å². The van der Waals surface area contributed by atoms with E-state index < -0.39 is 0 Å². The molecule has 0 saturated heterocycles. The predicted molar refractivity (Wildman–Crippen MR) is 128 cm³/mol. The van der Waals surface area contributed by atoms with Gasteiger partial charge in [-0.05, 0) is 67.2 Å². The number of rotatable bonds is 8.